The van der Waals surface area contributed by atoms with Gasteiger partial charge in [-0.25, -0.2) is 4.79 Å². The van der Waals surface area contributed by atoms with Gasteiger partial charge in [0.1, 0.15) is 28.6 Å². The van der Waals surface area contributed by atoms with Gasteiger partial charge in [0.05, 0.1) is 33.5 Å². The van der Waals surface area contributed by atoms with Crippen LogP contribution in [-0.4, -0.2) is 47.8 Å². The molecule has 0 saturated heterocycles. The number of esters is 1. The Balaban J connectivity index is 2.29. The molecule has 0 spiro atoms. The van der Waals surface area contributed by atoms with Crippen molar-refractivity contribution in [1.29, 1.82) is 0 Å². The van der Waals surface area contributed by atoms with Crippen LogP contribution in [-0.2, 0) is 23.8 Å². The number of fused-ring (bicyclic) bond motifs is 1. The van der Waals surface area contributed by atoms with Crippen molar-refractivity contribution in [3.63, 3.8) is 0 Å². The molecule has 13 heteroatoms. The average Bonchev–Trinajstić information content (AvgIpc) is 2.87. The van der Waals surface area contributed by atoms with Crippen molar-refractivity contribution in [2.75, 3.05) is 27.9 Å². The minimum absolute atomic E-state index is 0.0641. The van der Waals surface area contributed by atoms with E-state index in [9.17, 15) is 26.4 Å². The molecule has 0 fully saturated rings. The van der Waals surface area contributed by atoms with Gasteiger partial charge in [-0.05, 0) is 36.8 Å². The minimum Gasteiger partial charge on any atom is -0.497 e. The summed E-state index contributed by atoms with van der Waals surface area (Å²) >= 11 is 0. The zero-order valence-corrected chi connectivity index (χ0v) is 21.2. The van der Waals surface area contributed by atoms with E-state index in [1.807, 2.05) is 6.92 Å². The summed E-state index contributed by atoms with van der Waals surface area (Å²) in [4.78, 5) is 12.9. The first-order chi connectivity index (χ1) is 17.5. The molecule has 0 N–H and O–H groups in total. The van der Waals surface area contributed by atoms with Crippen molar-refractivity contribution < 1.29 is 54.3 Å². The predicted molar refractivity (Wildman–Crippen MR) is 125 cm³/mol. The maximum atomic E-state index is 13.3. The first-order valence-electron chi connectivity index (χ1n) is 11.0. The van der Waals surface area contributed by atoms with Gasteiger partial charge in [0.2, 0.25) is 0 Å². The summed E-state index contributed by atoms with van der Waals surface area (Å²) < 4.78 is 95.7. The molecule has 1 aliphatic rings. The molecule has 2 aromatic rings. The van der Waals surface area contributed by atoms with Crippen molar-refractivity contribution in [1.82, 2.24) is 0 Å². The van der Waals surface area contributed by atoms with E-state index >= 15 is 0 Å². The predicted octanol–water partition coefficient (Wildman–Crippen LogP) is 4.77. The van der Waals surface area contributed by atoms with Crippen molar-refractivity contribution in [2.45, 2.75) is 31.4 Å². The molecule has 202 valence electrons. The number of alkyl halides is 3. The lowest BCUT2D eigenvalue weighted by molar-refractivity contribution is -0.137. The van der Waals surface area contributed by atoms with Gasteiger partial charge in [0.15, 0.2) is 11.9 Å². The summed E-state index contributed by atoms with van der Waals surface area (Å²) in [6, 6.07) is 8.52. The summed E-state index contributed by atoms with van der Waals surface area (Å²) in [5, 5.41) is 0. The smallest absolute Gasteiger partial charge is 0.497 e. The molecule has 0 aromatic heterocycles. The first-order valence-corrected chi connectivity index (χ1v) is 12.4. The maximum absolute atomic E-state index is 13.3. The van der Waals surface area contributed by atoms with Crippen LogP contribution in [0.3, 0.4) is 0 Å². The summed E-state index contributed by atoms with van der Waals surface area (Å²) in [5.41, 5.74) is -6.48. The Bertz CT molecular complexity index is 1290. The summed E-state index contributed by atoms with van der Waals surface area (Å²) in [5.74, 6) is -1.43. The third-order valence-corrected chi connectivity index (χ3v) is 6.27. The minimum atomic E-state index is -6.19. The van der Waals surface area contributed by atoms with Gasteiger partial charge in [-0.1, -0.05) is 13.3 Å². The molecule has 1 heterocycles. The third-order valence-electron chi connectivity index (χ3n) is 5.32. The van der Waals surface area contributed by atoms with Crippen LogP contribution in [0.4, 0.5) is 13.2 Å². The Hall–Kier alpha value is -3.61. The fourth-order valence-corrected chi connectivity index (χ4v) is 3.97. The third kappa shape index (κ3) is 5.87. The second-order valence-electron chi connectivity index (χ2n) is 7.68. The van der Waals surface area contributed by atoms with Gasteiger partial charge in [-0.2, -0.15) is 21.6 Å². The van der Waals surface area contributed by atoms with Crippen LogP contribution >= 0.6 is 0 Å². The van der Waals surface area contributed by atoms with Crippen LogP contribution in [0, 0.1) is 0 Å². The van der Waals surface area contributed by atoms with Crippen LogP contribution in [0.15, 0.2) is 42.0 Å². The Morgan fingerprint density at radius 2 is 1.73 bits per heavy atom. The number of hydrogen-bond donors (Lipinski definition) is 0. The molecule has 3 rings (SSSR count). The van der Waals surface area contributed by atoms with Crippen LogP contribution in [0.25, 0.3) is 5.76 Å². The standard InChI is InChI=1S/C24H25F3O9S/c1-5-6-11-34-15-8-10-18-17(12-15)22(36-37(29,30)24(25,26)27)20(23(28)33-4)21(35-18)16-9-7-14(31-2)13-19(16)32-3/h7-10,12-13,21H,5-6,11H2,1-4H3. The van der Waals surface area contributed by atoms with E-state index < -0.39 is 39.0 Å². The lowest BCUT2D eigenvalue weighted by Gasteiger charge is -2.30. The number of rotatable bonds is 10. The lowest BCUT2D eigenvalue weighted by Crippen LogP contribution is -2.29. The number of carbonyl (C=O) groups excluding carboxylic acids is 1. The summed E-state index contributed by atoms with van der Waals surface area (Å²) in [6.07, 6.45) is 0.0533. The zero-order chi connectivity index (χ0) is 27.4. The van der Waals surface area contributed by atoms with Gasteiger partial charge in [-0.15, -0.1) is 0 Å². The van der Waals surface area contributed by atoms with E-state index in [4.69, 9.17) is 23.7 Å². The number of ether oxygens (including phenoxy) is 5. The number of carbonyl (C=O) groups is 1. The lowest BCUT2D eigenvalue weighted by atomic mass is 9.93. The molecule has 9 nitrogen and oxygen atoms in total. The van der Waals surface area contributed by atoms with Gasteiger partial charge in [0.25, 0.3) is 0 Å². The molecule has 0 radical (unpaired) electrons. The number of methoxy groups -OCH3 is 3. The van der Waals surface area contributed by atoms with Crippen molar-refractivity contribution >= 4 is 21.8 Å². The monoisotopic (exact) mass is 546 g/mol. The summed E-state index contributed by atoms with van der Waals surface area (Å²) in [7, 11) is -2.48. The van der Waals surface area contributed by atoms with E-state index in [1.54, 1.807) is 0 Å². The normalized spacial score (nSPS) is 15.4. The molecule has 0 saturated carbocycles. The fourth-order valence-electron chi connectivity index (χ4n) is 3.47. The SMILES string of the molecule is CCCCOc1ccc2c(c1)C(OS(=O)(=O)C(F)(F)F)=C(C(=O)OC)C(c1ccc(OC)cc1OC)O2. The molecule has 0 aliphatic carbocycles. The van der Waals surface area contributed by atoms with Gasteiger partial charge in [0, 0.05) is 11.6 Å². The highest BCUT2D eigenvalue weighted by Crippen LogP contribution is 2.48. The van der Waals surface area contributed by atoms with Gasteiger partial charge >= 0.3 is 21.6 Å². The highest BCUT2D eigenvalue weighted by atomic mass is 32.2. The highest BCUT2D eigenvalue weighted by Gasteiger charge is 2.51. The van der Waals surface area contributed by atoms with E-state index in [-0.39, 0.29) is 28.4 Å². The molecular formula is C24H25F3O9S. The first kappa shape index (κ1) is 28.0. The van der Waals surface area contributed by atoms with Crippen molar-refractivity contribution in [2.24, 2.45) is 0 Å². The molecule has 1 unspecified atom stereocenters. The second-order valence-corrected chi connectivity index (χ2v) is 9.22. The molecule has 1 aliphatic heterocycles. The number of halogens is 3. The molecule has 1 atom stereocenters. The van der Waals surface area contributed by atoms with E-state index in [0.29, 0.717) is 18.8 Å². The maximum Gasteiger partial charge on any atom is 0.534 e. The molecule has 2 aromatic carbocycles. The highest BCUT2D eigenvalue weighted by molar-refractivity contribution is 7.87. The average molecular weight is 547 g/mol. The molecule has 0 amide bonds. The Labute approximate surface area is 211 Å². The van der Waals surface area contributed by atoms with Crippen molar-refractivity contribution in [3.05, 3.63) is 53.1 Å². The molecule has 37 heavy (non-hydrogen) atoms. The van der Waals surface area contributed by atoms with E-state index in [0.717, 1.165) is 13.5 Å². The van der Waals surface area contributed by atoms with Crippen molar-refractivity contribution in [3.8, 4) is 23.0 Å². The Morgan fingerprint density at radius 3 is 2.32 bits per heavy atom. The Kier molecular flexibility index (Phi) is 8.46. The number of benzene rings is 2. The van der Waals surface area contributed by atoms with Gasteiger partial charge in [-0.3, -0.25) is 0 Å². The van der Waals surface area contributed by atoms with Crippen LogP contribution in [0.2, 0.25) is 0 Å². The van der Waals surface area contributed by atoms with Gasteiger partial charge < -0.3 is 27.9 Å². The summed E-state index contributed by atoms with van der Waals surface area (Å²) in [6.45, 7) is 2.24. The molecular weight excluding hydrogens is 521 g/mol. The topological polar surface area (TPSA) is 107 Å². The fraction of sp³-hybridized carbons (Fsp3) is 0.375. The number of hydrogen-bond acceptors (Lipinski definition) is 9. The van der Waals surface area contributed by atoms with E-state index in [2.05, 4.69) is 4.18 Å². The van der Waals surface area contributed by atoms with Crippen LogP contribution in [0.5, 0.6) is 23.0 Å². The van der Waals surface area contributed by atoms with Crippen LogP contribution < -0.4 is 18.9 Å². The van der Waals surface area contributed by atoms with E-state index in [1.165, 1.54) is 50.6 Å². The largest absolute Gasteiger partial charge is 0.534 e. The zero-order valence-electron chi connectivity index (χ0n) is 20.4. The quantitative estimate of drug-likeness (QED) is 0.180. The second kappa shape index (κ2) is 11.2. The Morgan fingerprint density at radius 1 is 1.03 bits per heavy atom. The number of unbranched alkanes of at least 4 members (excludes halogenated alkanes) is 1. The van der Waals surface area contributed by atoms with Crippen LogP contribution in [0.1, 0.15) is 37.0 Å². The molecule has 0 bridgehead atoms.